The van der Waals surface area contributed by atoms with E-state index in [1.807, 2.05) is 19.1 Å². The van der Waals surface area contributed by atoms with Crippen LogP contribution in [0.15, 0.2) is 12.1 Å². The topological polar surface area (TPSA) is 43.1 Å². The van der Waals surface area contributed by atoms with Crippen LogP contribution in [0.25, 0.3) is 0 Å². The van der Waals surface area contributed by atoms with Gasteiger partial charge in [0.2, 0.25) is 0 Å². The Hall–Kier alpha value is -0.880. The summed E-state index contributed by atoms with van der Waals surface area (Å²) in [4.78, 5) is 10.6. The average Bonchev–Trinajstić information content (AvgIpc) is 2.03. The van der Waals surface area contributed by atoms with Gasteiger partial charge in [0.15, 0.2) is 6.29 Å². The predicted octanol–water partition coefficient (Wildman–Crippen LogP) is 1.76. The summed E-state index contributed by atoms with van der Waals surface area (Å²) in [6, 6.07) is 3.79. The molecule has 2 N–H and O–H groups in total. The van der Waals surface area contributed by atoms with Crippen LogP contribution in [0.4, 0.5) is 5.69 Å². The molecular weight excluding hydrogens is 169 g/mol. The molecule has 64 valence electrons. The Balaban J connectivity index is 3.33. The molecule has 0 aliphatic rings. The third kappa shape index (κ3) is 1.64. The number of nitrogen functional groups attached to an aromatic ring is 1. The van der Waals surface area contributed by atoms with Crippen molar-refractivity contribution < 1.29 is 4.79 Å². The first-order valence-electron chi connectivity index (χ1n) is 3.73. The molecule has 0 radical (unpaired) electrons. The summed E-state index contributed by atoms with van der Waals surface area (Å²) < 4.78 is 0. The highest BCUT2D eigenvalue weighted by Gasteiger charge is 2.04. The Morgan fingerprint density at radius 1 is 1.58 bits per heavy atom. The van der Waals surface area contributed by atoms with Gasteiger partial charge in [-0.2, -0.15) is 0 Å². The number of hydrogen-bond acceptors (Lipinski definition) is 2. The standard InChI is InChI=1S/C9H12NOP/c1-6-2-7(5-12)8(4-11)9(10)3-6/h2-4H,5,10,12H2,1H3. The van der Waals surface area contributed by atoms with Crippen molar-refractivity contribution in [2.24, 2.45) is 0 Å². The van der Waals surface area contributed by atoms with Gasteiger partial charge in [0.05, 0.1) is 0 Å². The summed E-state index contributed by atoms with van der Waals surface area (Å²) in [6.07, 6.45) is 1.58. The van der Waals surface area contributed by atoms with Gasteiger partial charge in [0, 0.05) is 11.3 Å². The largest absolute Gasteiger partial charge is 0.398 e. The maximum absolute atomic E-state index is 10.6. The molecule has 1 rings (SSSR count). The van der Waals surface area contributed by atoms with E-state index in [1.54, 1.807) is 0 Å². The van der Waals surface area contributed by atoms with Crippen LogP contribution in [0, 0.1) is 6.92 Å². The Labute approximate surface area is 74.4 Å². The van der Waals surface area contributed by atoms with Crippen LogP contribution in [0.1, 0.15) is 21.5 Å². The summed E-state index contributed by atoms with van der Waals surface area (Å²) in [5, 5.41) is 0. The highest BCUT2D eigenvalue weighted by atomic mass is 31.0. The molecule has 0 saturated carbocycles. The number of nitrogens with two attached hydrogens (primary N) is 1. The van der Waals surface area contributed by atoms with E-state index in [0.29, 0.717) is 11.3 Å². The molecule has 0 heterocycles. The smallest absolute Gasteiger partial charge is 0.152 e. The zero-order valence-electron chi connectivity index (χ0n) is 7.00. The van der Waals surface area contributed by atoms with E-state index < -0.39 is 0 Å². The second-order valence-electron chi connectivity index (χ2n) is 2.75. The molecule has 0 spiro atoms. The minimum absolute atomic E-state index is 0.572. The van der Waals surface area contributed by atoms with Gasteiger partial charge in [-0.05, 0) is 30.3 Å². The Morgan fingerprint density at radius 2 is 2.25 bits per heavy atom. The van der Waals surface area contributed by atoms with Crippen molar-refractivity contribution in [2.75, 3.05) is 5.73 Å². The van der Waals surface area contributed by atoms with Gasteiger partial charge in [-0.25, -0.2) is 0 Å². The number of aldehydes is 1. The molecule has 0 aromatic heterocycles. The van der Waals surface area contributed by atoms with Crippen LogP contribution in [-0.2, 0) is 6.16 Å². The average molecular weight is 181 g/mol. The van der Waals surface area contributed by atoms with Gasteiger partial charge in [0.1, 0.15) is 0 Å². The van der Waals surface area contributed by atoms with Gasteiger partial charge < -0.3 is 5.73 Å². The normalized spacial score (nSPS) is 9.83. The van der Waals surface area contributed by atoms with Gasteiger partial charge in [-0.1, -0.05) is 6.07 Å². The van der Waals surface area contributed by atoms with Crippen molar-refractivity contribution in [1.82, 2.24) is 0 Å². The van der Waals surface area contributed by atoms with Crippen LogP contribution in [0.5, 0.6) is 0 Å². The van der Waals surface area contributed by atoms with Crippen molar-refractivity contribution in [2.45, 2.75) is 13.1 Å². The molecule has 0 saturated heterocycles. The quantitative estimate of drug-likeness (QED) is 0.429. The predicted molar refractivity (Wildman–Crippen MR) is 54.4 cm³/mol. The van der Waals surface area contributed by atoms with E-state index in [9.17, 15) is 4.79 Å². The molecule has 1 aromatic carbocycles. The lowest BCUT2D eigenvalue weighted by molar-refractivity contribution is 0.112. The molecule has 0 aliphatic carbocycles. The van der Waals surface area contributed by atoms with Gasteiger partial charge >= 0.3 is 0 Å². The van der Waals surface area contributed by atoms with E-state index in [1.165, 1.54) is 0 Å². The molecule has 2 nitrogen and oxygen atoms in total. The van der Waals surface area contributed by atoms with Gasteiger partial charge in [-0.15, -0.1) is 9.24 Å². The Morgan fingerprint density at radius 3 is 2.75 bits per heavy atom. The fourth-order valence-corrected chi connectivity index (χ4v) is 1.55. The molecule has 0 bridgehead atoms. The molecule has 1 aromatic rings. The second-order valence-corrected chi connectivity index (χ2v) is 3.16. The zero-order valence-corrected chi connectivity index (χ0v) is 8.16. The number of benzene rings is 1. The maximum Gasteiger partial charge on any atom is 0.152 e. The SMILES string of the molecule is Cc1cc(N)c(C=O)c(CP)c1. The Kier molecular flexibility index (Phi) is 2.83. The third-order valence-electron chi connectivity index (χ3n) is 1.78. The first kappa shape index (κ1) is 9.21. The molecular formula is C9H12NOP. The van der Waals surface area contributed by atoms with Crippen LogP contribution in [0.3, 0.4) is 0 Å². The molecule has 0 aliphatic heterocycles. The zero-order chi connectivity index (χ0) is 9.14. The van der Waals surface area contributed by atoms with Crippen molar-refractivity contribution >= 4 is 21.2 Å². The molecule has 0 amide bonds. The van der Waals surface area contributed by atoms with E-state index in [2.05, 4.69) is 9.24 Å². The first-order valence-corrected chi connectivity index (χ1v) is 4.55. The molecule has 3 heteroatoms. The number of rotatable bonds is 2. The summed E-state index contributed by atoms with van der Waals surface area (Å²) >= 11 is 0. The van der Waals surface area contributed by atoms with E-state index in [-0.39, 0.29) is 0 Å². The summed E-state index contributed by atoms with van der Waals surface area (Å²) in [5.41, 5.74) is 8.95. The number of carbonyl (C=O) groups is 1. The molecule has 0 fully saturated rings. The summed E-state index contributed by atoms with van der Waals surface area (Å²) in [7, 11) is 2.59. The number of carbonyl (C=O) groups excluding carboxylic acids is 1. The number of hydrogen-bond donors (Lipinski definition) is 1. The van der Waals surface area contributed by atoms with E-state index in [0.717, 1.165) is 23.6 Å². The fourth-order valence-electron chi connectivity index (χ4n) is 1.22. The van der Waals surface area contributed by atoms with Crippen LogP contribution in [-0.4, -0.2) is 6.29 Å². The minimum atomic E-state index is 0.572. The lowest BCUT2D eigenvalue weighted by atomic mass is 10.0. The lowest BCUT2D eigenvalue weighted by Gasteiger charge is -2.06. The van der Waals surface area contributed by atoms with E-state index in [4.69, 9.17) is 5.73 Å². The maximum atomic E-state index is 10.6. The van der Waals surface area contributed by atoms with E-state index >= 15 is 0 Å². The number of anilines is 1. The van der Waals surface area contributed by atoms with Crippen molar-refractivity contribution in [3.05, 3.63) is 28.8 Å². The number of aryl methyl sites for hydroxylation is 1. The summed E-state index contributed by atoms with van der Waals surface area (Å²) in [5.74, 6) is 0. The summed E-state index contributed by atoms with van der Waals surface area (Å²) in [6.45, 7) is 1.97. The Bertz CT molecular complexity index is 310. The van der Waals surface area contributed by atoms with Crippen molar-refractivity contribution in [3.63, 3.8) is 0 Å². The van der Waals surface area contributed by atoms with Crippen LogP contribution < -0.4 is 5.73 Å². The highest BCUT2D eigenvalue weighted by Crippen LogP contribution is 2.19. The lowest BCUT2D eigenvalue weighted by Crippen LogP contribution is -1.98. The monoisotopic (exact) mass is 181 g/mol. The van der Waals surface area contributed by atoms with Gasteiger partial charge in [-0.3, -0.25) is 4.79 Å². The van der Waals surface area contributed by atoms with Gasteiger partial charge in [0.25, 0.3) is 0 Å². The minimum Gasteiger partial charge on any atom is -0.398 e. The van der Waals surface area contributed by atoms with Crippen LogP contribution in [0.2, 0.25) is 0 Å². The molecule has 1 unspecified atom stereocenters. The van der Waals surface area contributed by atoms with Crippen molar-refractivity contribution in [1.29, 1.82) is 0 Å². The third-order valence-corrected chi connectivity index (χ3v) is 2.22. The molecule has 1 atom stereocenters. The first-order chi connectivity index (χ1) is 5.69. The van der Waals surface area contributed by atoms with Crippen molar-refractivity contribution in [3.8, 4) is 0 Å². The molecule has 12 heavy (non-hydrogen) atoms. The second kappa shape index (κ2) is 3.68. The fraction of sp³-hybridized carbons (Fsp3) is 0.222. The van der Waals surface area contributed by atoms with Crippen LogP contribution >= 0.6 is 9.24 Å². The highest BCUT2D eigenvalue weighted by molar-refractivity contribution is 7.15.